The third-order valence-electron chi connectivity index (χ3n) is 2.51. The van der Waals surface area contributed by atoms with Crippen LogP contribution in [0.3, 0.4) is 0 Å². The summed E-state index contributed by atoms with van der Waals surface area (Å²) in [6.45, 7) is 0.618. The lowest BCUT2D eigenvalue weighted by molar-refractivity contribution is -0.108. The van der Waals surface area contributed by atoms with Gasteiger partial charge in [0.2, 0.25) is 0 Å². The van der Waals surface area contributed by atoms with E-state index in [0.29, 0.717) is 18.9 Å². The van der Waals surface area contributed by atoms with Gasteiger partial charge in [0.1, 0.15) is 17.8 Å². The third kappa shape index (κ3) is 1.58. The summed E-state index contributed by atoms with van der Waals surface area (Å²) in [5.74, 6) is 1.27. The van der Waals surface area contributed by atoms with Gasteiger partial charge >= 0.3 is 0 Å². The maximum Gasteiger partial charge on any atom is 0.126 e. The molecule has 1 aromatic rings. The predicted molar refractivity (Wildman–Crippen MR) is 51.6 cm³/mol. The van der Waals surface area contributed by atoms with E-state index < -0.39 is 0 Å². The van der Waals surface area contributed by atoms with Gasteiger partial charge < -0.3 is 14.6 Å². The Morgan fingerprint density at radius 3 is 3.21 bits per heavy atom. The van der Waals surface area contributed by atoms with Crippen molar-refractivity contribution < 1.29 is 14.6 Å². The van der Waals surface area contributed by atoms with Crippen LogP contribution in [0.5, 0.6) is 11.5 Å². The van der Waals surface area contributed by atoms with Gasteiger partial charge in [-0.25, -0.2) is 0 Å². The average Bonchev–Trinajstić information content (AvgIpc) is 2.57. The van der Waals surface area contributed by atoms with Gasteiger partial charge in [-0.3, -0.25) is 0 Å². The third-order valence-corrected chi connectivity index (χ3v) is 2.51. The summed E-state index contributed by atoms with van der Waals surface area (Å²) in [6, 6.07) is 5.14. The van der Waals surface area contributed by atoms with Crippen molar-refractivity contribution in [3.05, 3.63) is 23.8 Å². The van der Waals surface area contributed by atoms with Gasteiger partial charge in [-0.2, -0.15) is 0 Å². The number of fused-ring (bicyclic) bond motifs is 1. The second-order valence-electron chi connectivity index (χ2n) is 3.47. The number of phenols is 1. The molecule has 0 aliphatic carbocycles. The predicted octanol–water partition coefficient (Wildman–Crippen LogP) is 1.85. The first kappa shape index (κ1) is 9.06. The smallest absolute Gasteiger partial charge is 0.126 e. The molecule has 3 heteroatoms. The number of rotatable bonds is 3. The van der Waals surface area contributed by atoms with E-state index in [2.05, 4.69) is 0 Å². The zero-order chi connectivity index (χ0) is 9.97. The molecule has 74 valence electrons. The van der Waals surface area contributed by atoms with E-state index in [9.17, 15) is 9.90 Å². The fourth-order valence-electron chi connectivity index (χ4n) is 1.77. The molecule has 1 aromatic carbocycles. The normalized spacial score (nSPS) is 18.7. The molecule has 0 fully saturated rings. The number of carbonyl (C=O) groups is 1. The number of ether oxygens (including phenoxy) is 1. The summed E-state index contributed by atoms with van der Waals surface area (Å²) in [5.41, 5.74) is 1.10. The van der Waals surface area contributed by atoms with Gasteiger partial charge in [0, 0.05) is 24.0 Å². The molecule has 1 aliphatic rings. The Kier molecular flexibility index (Phi) is 2.39. The highest BCUT2D eigenvalue weighted by molar-refractivity contribution is 5.50. The number of hydrogen-bond acceptors (Lipinski definition) is 3. The average molecular weight is 192 g/mol. The van der Waals surface area contributed by atoms with E-state index in [1.165, 1.54) is 0 Å². The summed E-state index contributed by atoms with van der Waals surface area (Å²) < 4.78 is 5.41. The molecule has 1 atom stereocenters. The Labute approximate surface area is 82.3 Å². The number of aldehydes is 1. The van der Waals surface area contributed by atoms with Gasteiger partial charge in [-0.05, 0) is 12.5 Å². The standard InChI is InChI=1S/C11H12O3/c12-5-1-2-8-7-14-11-6-9(13)3-4-10(8)11/h3-6,8,13H,1-2,7H2. The summed E-state index contributed by atoms with van der Waals surface area (Å²) in [4.78, 5) is 10.2. The van der Waals surface area contributed by atoms with Crippen LogP contribution < -0.4 is 4.74 Å². The second-order valence-corrected chi connectivity index (χ2v) is 3.47. The van der Waals surface area contributed by atoms with E-state index >= 15 is 0 Å². The van der Waals surface area contributed by atoms with Crippen molar-refractivity contribution in [1.82, 2.24) is 0 Å². The highest BCUT2D eigenvalue weighted by Crippen LogP contribution is 2.38. The molecule has 0 amide bonds. The Balaban J connectivity index is 2.18. The highest BCUT2D eigenvalue weighted by atomic mass is 16.5. The molecular formula is C11H12O3. The van der Waals surface area contributed by atoms with Gasteiger partial charge in [0.25, 0.3) is 0 Å². The lowest BCUT2D eigenvalue weighted by atomic mass is 9.96. The first-order valence-corrected chi connectivity index (χ1v) is 4.70. The first-order chi connectivity index (χ1) is 6.81. The number of aromatic hydroxyl groups is 1. The monoisotopic (exact) mass is 192 g/mol. The van der Waals surface area contributed by atoms with E-state index in [4.69, 9.17) is 4.74 Å². The van der Waals surface area contributed by atoms with Crippen LogP contribution in [0.4, 0.5) is 0 Å². The molecule has 0 aromatic heterocycles. The van der Waals surface area contributed by atoms with Crippen LogP contribution in [0.2, 0.25) is 0 Å². The van der Waals surface area contributed by atoms with Crippen LogP contribution in [0.25, 0.3) is 0 Å². The van der Waals surface area contributed by atoms with Crippen LogP contribution in [-0.2, 0) is 4.79 Å². The molecule has 1 aliphatic heterocycles. The molecule has 0 radical (unpaired) electrons. The largest absolute Gasteiger partial charge is 0.508 e. The Bertz CT molecular complexity index is 346. The minimum atomic E-state index is 0.222. The van der Waals surface area contributed by atoms with Gasteiger partial charge in [0.15, 0.2) is 0 Å². The van der Waals surface area contributed by atoms with Gasteiger partial charge in [-0.15, -0.1) is 0 Å². The van der Waals surface area contributed by atoms with Crippen LogP contribution in [0.1, 0.15) is 24.3 Å². The van der Waals surface area contributed by atoms with E-state index in [0.717, 1.165) is 24.0 Å². The summed E-state index contributed by atoms with van der Waals surface area (Å²) in [7, 11) is 0. The van der Waals surface area contributed by atoms with Crippen molar-refractivity contribution in [3.63, 3.8) is 0 Å². The van der Waals surface area contributed by atoms with Crippen molar-refractivity contribution in [2.24, 2.45) is 0 Å². The molecule has 1 unspecified atom stereocenters. The fraction of sp³-hybridized carbons (Fsp3) is 0.364. The lowest BCUT2D eigenvalue weighted by Gasteiger charge is -2.05. The zero-order valence-electron chi connectivity index (χ0n) is 7.77. The molecule has 2 rings (SSSR count). The highest BCUT2D eigenvalue weighted by Gasteiger charge is 2.23. The van der Waals surface area contributed by atoms with Crippen molar-refractivity contribution >= 4 is 6.29 Å². The van der Waals surface area contributed by atoms with Crippen molar-refractivity contribution in [1.29, 1.82) is 0 Å². The summed E-state index contributed by atoms with van der Waals surface area (Å²) >= 11 is 0. The quantitative estimate of drug-likeness (QED) is 0.743. The van der Waals surface area contributed by atoms with Crippen LogP contribution in [0.15, 0.2) is 18.2 Å². The molecule has 0 saturated heterocycles. The minimum absolute atomic E-state index is 0.222. The number of benzene rings is 1. The molecular weight excluding hydrogens is 180 g/mol. The molecule has 1 heterocycles. The van der Waals surface area contributed by atoms with Crippen LogP contribution in [0, 0.1) is 0 Å². The Hall–Kier alpha value is -1.51. The van der Waals surface area contributed by atoms with Gasteiger partial charge in [-0.1, -0.05) is 6.07 Å². The summed E-state index contributed by atoms with van der Waals surface area (Å²) in [5, 5.41) is 9.22. The second kappa shape index (κ2) is 3.70. The van der Waals surface area contributed by atoms with Crippen molar-refractivity contribution in [2.75, 3.05) is 6.61 Å². The minimum Gasteiger partial charge on any atom is -0.508 e. The molecule has 3 nitrogen and oxygen atoms in total. The van der Waals surface area contributed by atoms with Crippen LogP contribution in [-0.4, -0.2) is 18.0 Å². The number of hydrogen-bond donors (Lipinski definition) is 1. The van der Waals surface area contributed by atoms with Gasteiger partial charge in [0.05, 0.1) is 6.61 Å². The van der Waals surface area contributed by atoms with E-state index in [1.54, 1.807) is 12.1 Å². The summed E-state index contributed by atoms with van der Waals surface area (Å²) in [6.07, 6.45) is 2.31. The van der Waals surface area contributed by atoms with Crippen molar-refractivity contribution in [2.45, 2.75) is 18.8 Å². The molecule has 0 spiro atoms. The van der Waals surface area contributed by atoms with E-state index in [1.807, 2.05) is 6.07 Å². The number of phenolic OH excluding ortho intramolecular Hbond substituents is 1. The Morgan fingerprint density at radius 1 is 1.57 bits per heavy atom. The zero-order valence-corrected chi connectivity index (χ0v) is 7.77. The molecule has 0 bridgehead atoms. The van der Waals surface area contributed by atoms with Crippen molar-refractivity contribution in [3.8, 4) is 11.5 Å². The lowest BCUT2D eigenvalue weighted by Crippen LogP contribution is -2.00. The topological polar surface area (TPSA) is 46.5 Å². The Morgan fingerprint density at radius 2 is 2.43 bits per heavy atom. The molecule has 0 saturated carbocycles. The maximum atomic E-state index is 10.2. The SMILES string of the molecule is O=CCCC1COc2cc(O)ccc21. The van der Waals surface area contributed by atoms with Crippen LogP contribution >= 0.6 is 0 Å². The first-order valence-electron chi connectivity index (χ1n) is 4.70. The van der Waals surface area contributed by atoms with E-state index in [-0.39, 0.29) is 5.75 Å². The fourth-order valence-corrected chi connectivity index (χ4v) is 1.77. The molecule has 1 N–H and O–H groups in total. The maximum absolute atomic E-state index is 10.2. The number of carbonyl (C=O) groups excluding carboxylic acids is 1. The molecule has 14 heavy (non-hydrogen) atoms.